The molecule has 6 N–H and O–H groups in total. The van der Waals surface area contributed by atoms with E-state index in [2.05, 4.69) is 0 Å². The second-order valence-corrected chi connectivity index (χ2v) is 5.74. The molecule has 1 rings (SSSR count). The van der Waals surface area contributed by atoms with Gasteiger partial charge in [0.2, 0.25) is 0 Å². The minimum Gasteiger partial charge on any atom is -0.506 e. The molecule has 1 aromatic carbocycles. The van der Waals surface area contributed by atoms with Gasteiger partial charge in [-0.2, -0.15) is 16.8 Å². The lowest BCUT2D eigenvalue weighted by atomic mass is 10.2. The highest BCUT2D eigenvalue weighted by Crippen LogP contribution is 2.30. The Balaban J connectivity index is 0.00000256. The van der Waals surface area contributed by atoms with Gasteiger partial charge in [0, 0.05) is 0 Å². The van der Waals surface area contributed by atoms with E-state index in [1.54, 1.807) is 0 Å². The van der Waals surface area contributed by atoms with Gasteiger partial charge in [0.1, 0.15) is 10.6 Å². The molecule has 0 amide bonds. The third-order valence-electron chi connectivity index (χ3n) is 1.87. The highest BCUT2D eigenvalue weighted by molar-refractivity contribution is 7.86. The van der Waals surface area contributed by atoms with Crippen molar-refractivity contribution in [3.05, 3.63) is 17.7 Å². The Bertz CT molecular complexity index is 632. The molecule has 0 fully saturated rings. The van der Waals surface area contributed by atoms with Crippen molar-refractivity contribution in [3.63, 3.8) is 0 Å². The van der Waals surface area contributed by atoms with Crippen LogP contribution in [0.5, 0.6) is 5.75 Å². The topological polar surface area (TPSA) is 164 Å². The molecule has 1 aromatic rings. The van der Waals surface area contributed by atoms with Gasteiger partial charge < -0.3 is 11.3 Å². The Kier molecular flexibility index (Phi) is 4.26. The number of rotatable bonds is 2. The summed E-state index contributed by atoms with van der Waals surface area (Å²) in [4.78, 5) is -1.64. The van der Waals surface area contributed by atoms with Crippen molar-refractivity contribution >= 4 is 20.2 Å². The SMILES string of the molecule is Cc1c(S(=O)(=O)O)ccc(O)c1S(=O)(=O)O.N. The Morgan fingerprint density at radius 2 is 1.47 bits per heavy atom. The first-order valence-electron chi connectivity index (χ1n) is 3.82. The number of phenolic OH excluding ortho intramolecular Hbond substituents is 1. The fourth-order valence-corrected chi connectivity index (χ4v) is 2.89. The molecule has 0 aliphatic carbocycles. The minimum atomic E-state index is -4.77. The molecule has 0 aliphatic heterocycles. The van der Waals surface area contributed by atoms with Crippen LogP contribution in [0.25, 0.3) is 0 Å². The van der Waals surface area contributed by atoms with Gasteiger partial charge in [-0.25, -0.2) is 0 Å². The first-order valence-corrected chi connectivity index (χ1v) is 6.70. The summed E-state index contributed by atoms with van der Waals surface area (Å²) in [7, 11) is -9.39. The van der Waals surface area contributed by atoms with Crippen molar-refractivity contribution in [3.8, 4) is 5.75 Å². The van der Waals surface area contributed by atoms with Gasteiger partial charge >= 0.3 is 0 Å². The molecule has 10 heteroatoms. The molecule has 0 saturated carbocycles. The molecule has 0 aliphatic rings. The fourth-order valence-electron chi connectivity index (χ4n) is 1.26. The van der Waals surface area contributed by atoms with Gasteiger partial charge in [-0.15, -0.1) is 0 Å². The van der Waals surface area contributed by atoms with Crippen LogP contribution in [0.3, 0.4) is 0 Å². The molecule has 0 unspecified atom stereocenters. The molecule has 0 radical (unpaired) electrons. The number of hydrogen-bond donors (Lipinski definition) is 4. The predicted molar refractivity (Wildman–Crippen MR) is 57.5 cm³/mol. The summed E-state index contributed by atoms with van der Waals surface area (Å²) in [5.74, 6) is -0.799. The third-order valence-corrected chi connectivity index (χ3v) is 3.90. The third kappa shape index (κ3) is 3.14. The predicted octanol–water partition coefficient (Wildman–Crippen LogP) is 0.356. The van der Waals surface area contributed by atoms with Crippen LogP contribution >= 0.6 is 0 Å². The number of benzene rings is 1. The van der Waals surface area contributed by atoms with Crippen molar-refractivity contribution in [1.82, 2.24) is 6.15 Å². The summed E-state index contributed by atoms with van der Waals surface area (Å²) in [5, 5.41) is 9.20. The highest BCUT2D eigenvalue weighted by atomic mass is 32.2. The number of phenols is 1. The van der Waals surface area contributed by atoms with Gasteiger partial charge in [0.05, 0.1) is 4.90 Å². The van der Waals surface area contributed by atoms with Crippen LogP contribution in [0, 0.1) is 6.92 Å². The lowest BCUT2D eigenvalue weighted by Gasteiger charge is -2.08. The molecule has 17 heavy (non-hydrogen) atoms. The van der Waals surface area contributed by atoms with Gasteiger partial charge in [-0.1, -0.05) is 0 Å². The minimum absolute atomic E-state index is 0. The summed E-state index contributed by atoms with van der Waals surface area (Å²) in [6.07, 6.45) is 0. The second kappa shape index (κ2) is 4.58. The van der Waals surface area contributed by atoms with E-state index < -0.39 is 41.3 Å². The quantitative estimate of drug-likeness (QED) is 0.565. The van der Waals surface area contributed by atoms with Crippen LogP contribution in [0.1, 0.15) is 5.56 Å². The van der Waals surface area contributed by atoms with Gasteiger partial charge in [0.25, 0.3) is 20.2 Å². The van der Waals surface area contributed by atoms with E-state index in [4.69, 9.17) is 9.11 Å². The molecule has 98 valence electrons. The second-order valence-electron chi connectivity index (χ2n) is 2.99. The average Bonchev–Trinajstić information content (AvgIpc) is 1.97. The standard InChI is InChI=1S/C7H8O7S2.H3N/c1-4-6(15(9,10)11)3-2-5(8)7(4)16(12,13)14;/h2-3,8H,1H3,(H,9,10,11)(H,12,13,14);1H3. The molecular formula is C7H11NO7S2. The first-order chi connectivity index (χ1) is 7.05. The fraction of sp³-hybridized carbons (Fsp3) is 0.143. The zero-order valence-electron chi connectivity index (χ0n) is 8.65. The van der Waals surface area contributed by atoms with Crippen molar-refractivity contribution in [2.24, 2.45) is 0 Å². The molecular weight excluding hydrogens is 274 g/mol. The summed E-state index contributed by atoms with van der Waals surface area (Å²) in [5.41, 5.74) is -0.454. The van der Waals surface area contributed by atoms with Crippen LogP contribution in [0.2, 0.25) is 0 Å². The van der Waals surface area contributed by atoms with E-state index in [0.717, 1.165) is 19.1 Å². The molecule has 8 nitrogen and oxygen atoms in total. The lowest BCUT2D eigenvalue weighted by Crippen LogP contribution is -2.07. The van der Waals surface area contributed by atoms with Crippen LogP contribution in [-0.4, -0.2) is 31.0 Å². The Morgan fingerprint density at radius 1 is 1.00 bits per heavy atom. The Labute approximate surface area is 98.0 Å². The maximum atomic E-state index is 10.9. The van der Waals surface area contributed by atoms with Crippen molar-refractivity contribution in [1.29, 1.82) is 0 Å². The Morgan fingerprint density at radius 3 is 1.82 bits per heavy atom. The Hall–Kier alpha value is -1.20. The number of aromatic hydroxyl groups is 1. The maximum Gasteiger partial charge on any atom is 0.298 e. The van der Waals surface area contributed by atoms with Crippen LogP contribution < -0.4 is 6.15 Å². The zero-order valence-corrected chi connectivity index (χ0v) is 10.3. The van der Waals surface area contributed by atoms with Crippen LogP contribution in [0.4, 0.5) is 0 Å². The molecule has 0 aromatic heterocycles. The molecule has 0 bridgehead atoms. The van der Waals surface area contributed by atoms with E-state index in [-0.39, 0.29) is 6.15 Å². The van der Waals surface area contributed by atoms with Gasteiger partial charge in [-0.3, -0.25) is 9.11 Å². The summed E-state index contributed by atoms with van der Waals surface area (Å²) >= 11 is 0. The van der Waals surface area contributed by atoms with E-state index >= 15 is 0 Å². The monoisotopic (exact) mass is 285 g/mol. The number of hydrogen-bond acceptors (Lipinski definition) is 6. The zero-order chi connectivity index (χ0) is 12.7. The van der Waals surface area contributed by atoms with E-state index in [0.29, 0.717) is 0 Å². The van der Waals surface area contributed by atoms with Crippen LogP contribution in [-0.2, 0) is 20.2 Å². The molecule has 0 atom stereocenters. The molecule has 0 saturated heterocycles. The lowest BCUT2D eigenvalue weighted by molar-refractivity contribution is 0.440. The normalized spacial score (nSPS) is 11.9. The summed E-state index contributed by atoms with van der Waals surface area (Å²) in [6.45, 7) is 1.03. The van der Waals surface area contributed by atoms with Gasteiger partial charge in [-0.05, 0) is 24.6 Å². The van der Waals surface area contributed by atoms with Crippen molar-refractivity contribution in [2.45, 2.75) is 16.7 Å². The van der Waals surface area contributed by atoms with E-state index in [9.17, 15) is 21.9 Å². The first kappa shape index (κ1) is 15.8. The highest BCUT2D eigenvalue weighted by Gasteiger charge is 2.25. The van der Waals surface area contributed by atoms with Crippen molar-refractivity contribution < 1.29 is 31.0 Å². The smallest absolute Gasteiger partial charge is 0.298 e. The van der Waals surface area contributed by atoms with Crippen molar-refractivity contribution in [2.75, 3.05) is 0 Å². The largest absolute Gasteiger partial charge is 0.506 e. The molecule has 0 heterocycles. The van der Waals surface area contributed by atoms with E-state index in [1.165, 1.54) is 0 Å². The maximum absolute atomic E-state index is 10.9. The molecule has 0 spiro atoms. The van der Waals surface area contributed by atoms with Gasteiger partial charge in [0.15, 0.2) is 0 Å². The summed E-state index contributed by atoms with van der Waals surface area (Å²) < 4.78 is 61.0. The average molecular weight is 285 g/mol. The van der Waals surface area contributed by atoms with Crippen LogP contribution in [0.15, 0.2) is 21.9 Å². The summed E-state index contributed by atoms with van der Waals surface area (Å²) in [6, 6.07) is 1.58. The van der Waals surface area contributed by atoms with E-state index in [1.807, 2.05) is 0 Å².